The normalized spacial score (nSPS) is 10.5. The van der Waals surface area contributed by atoms with Crippen LogP contribution < -0.4 is 5.73 Å². The largest absolute Gasteiger partial charge is 0.332 e. The van der Waals surface area contributed by atoms with E-state index in [1.54, 1.807) is 22.7 Å². The topological polar surface area (TPSA) is 46.3 Å². The lowest BCUT2D eigenvalue weighted by molar-refractivity contribution is -0.132. The van der Waals surface area contributed by atoms with Gasteiger partial charge in [0.1, 0.15) is 0 Å². The Morgan fingerprint density at radius 2 is 1.67 bits per heavy atom. The summed E-state index contributed by atoms with van der Waals surface area (Å²) in [6.45, 7) is 1.76. The molecule has 2 N–H and O–H groups in total. The summed E-state index contributed by atoms with van der Waals surface area (Å²) in [4.78, 5) is 16.3. The van der Waals surface area contributed by atoms with Crippen molar-refractivity contribution in [3.8, 4) is 0 Å². The molecule has 0 atom stereocenters. The molecule has 0 unspecified atom stereocenters. The molecule has 2 heterocycles. The van der Waals surface area contributed by atoms with Crippen LogP contribution in [0.3, 0.4) is 0 Å². The number of thiophene rings is 2. The third-order valence-electron chi connectivity index (χ3n) is 2.56. The second kappa shape index (κ2) is 6.68. The molecule has 96 valence electrons. The summed E-state index contributed by atoms with van der Waals surface area (Å²) in [7, 11) is 0. The van der Waals surface area contributed by atoms with Gasteiger partial charge in [-0.05, 0) is 22.9 Å². The molecule has 2 rings (SSSR count). The molecule has 18 heavy (non-hydrogen) atoms. The van der Waals surface area contributed by atoms with Gasteiger partial charge in [0.15, 0.2) is 0 Å². The minimum atomic E-state index is 0.124. The Morgan fingerprint density at radius 1 is 1.11 bits per heavy atom. The van der Waals surface area contributed by atoms with E-state index in [2.05, 4.69) is 12.1 Å². The summed E-state index contributed by atoms with van der Waals surface area (Å²) in [5.41, 5.74) is 5.47. The Bertz CT molecular complexity index is 429. The maximum atomic E-state index is 12.1. The van der Waals surface area contributed by atoms with E-state index in [-0.39, 0.29) is 5.91 Å². The zero-order valence-electron chi connectivity index (χ0n) is 10.0. The summed E-state index contributed by atoms with van der Waals surface area (Å²) in [6.07, 6.45) is 0.413. The highest BCUT2D eigenvalue weighted by Gasteiger charge is 2.14. The Kier molecular flexibility index (Phi) is 4.92. The molecule has 0 aliphatic heterocycles. The van der Waals surface area contributed by atoms with Gasteiger partial charge in [0.2, 0.25) is 5.91 Å². The highest BCUT2D eigenvalue weighted by molar-refractivity contribution is 7.10. The number of hydrogen-bond acceptors (Lipinski definition) is 4. The molecular formula is C13H16N2OS2. The van der Waals surface area contributed by atoms with Crippen LogP contribution in [-0.4, -0.2) is 17.4 Å². The maximum absolute atomic E-state index is 12.1. The Hall–Kier alpha value is -1.17. The van der Waals surface area contributed by atoms with E-state index in [1.807, 2.05) is 27.8 Å². The second-order valence-electron chi connectivity index (χ2n) is 3.95. The molecule has 0 aliphatic carbocycles. The molecule has 1 amide bonds. The van der Waals surface area contributed by atoms with Crippen LogP contribution in [0, 0.1) is 0 Å². The van der Waals surface area contributed by atoms with Crippen LogP contribution >= 0.6 is 22.7 Å². The summed E-state index contributed by atoms with van der Waals surface area (Å²) >= 11 is 3.36. The second-order valence-corrected chi connectivity index (χ2v) is 6.01. The monoisotopic (exact) mass is 280 g/mol. The van der Waals surface area contributed by atoms with E-state index in [4.69, 9.17) is 5.73 Å². The molecule has 0 fully saturated rings. The number of carbonyl (C=O) groups is 1. The van der Waals surface area contributed by atoms with Crippen LogP contribution in [0.4, 0.5) is 0 Å². The van der Waals surface area contributed by atoms with Crippen molar-refractivity contribution in [2.45, 2.75) is 19.5 Å². The summed E-state index contributed by atoms with van der Waals surface area (Å²) in [5.74, 6) is 0.124. The van der Waals surface area contributed by atoms with E-state index in [0.29, 0.717) is 26.1 Å². The van der Waals surface area contributed by atoms with E-state index in [0.717, 1.165) is 0 Å². The number of carbonyl (C=O) groups excluding carboxylic acids is 1. The van der Waals surface area contributed by atoms with Crippen LogP contribution in [0.1, 0.15) is 16.2 Å². The fourth-order valence-electron chi connectivity index (χ4n) is 1.70. The summed E-state index contributed by atoms with van der Waals surface area (Å²) in [5, 5.41) is 4.07. The lowest BCUT2D eigenvalue weighted by atomic mass is 10.3. The molecule has 0 saturated carbocycles. The van der Waals surface area contributed by atoms with Crippen molar-refractivity contribution < 1.29 is 4.79 Å². The van der Waals surface area contributed by atoms with Crippen LogP contribution in [0.5, 0.6) is 0 Å². The van der Waals surface area contributed by atoms with Crippen molar-refractivity contribution in [3.63, 3.8) is 0 Å². The van der Waals surface area contributed by atoms with Gasteiger partial charge in [-0.25, -0.2) is 0 Å². The quantitative estimate of drug-likeness (QED) is 0.884. The van der Waals surface area contributed by atoms with E-state index >= 15 is 0 Å². The van der Waals surface area contributed by atoms with Gasteiger partial charge in [-0.15, -0.1) is 22.7 Å². The molecule has 0 spiro atoms. The van der Waals surface area contributed by atoms with Crippen molar-refractivity contribution >= 4 is 28.6 Å². The van der Waals surface area contributed by atoms with Gasteiger partial charge in [-0.2, -0.15) is 0 Å². The average molecular weight is 280 g/mol. The summed E-state index contributed by atoms with van der Waals surface area (Å²) < 4.78 is 0. The Labute approximate surface area is 115 Å². The van der Waals surface area contributed by atoms with Crippen molar-refractivity contribution in [2.24, 2.45) is 5.73 Å². The molecule has 2 aromatic rings. The number of hydrogen-bond donors (Lipinski definition) is 1. The zero-order chi connectivity index (χ0) is 12.8. The third kappa shape index (κ3) is 3.66. The fraction of sp³-hybridized carbons (Fsp3) is 0.308. The highest BCUT2D eigenvalue weighted by atomic mass is 32.1. The minimum Gasteiger partial charge on any atom is -0.332 e. The number of nitrogens with two attached hydrogens (primary N) is 1. The van der Waals surface area contributed by atoms with Gasteiger partial charge in [0, 0.05) is 22.7 Å². The van der Waals surface area contributed by atoms with Crippen LogP contribution in [-0.2, 0) is 17.9 Å². The SMILES string of the molecule is NCCC(=O)N(Cc1cccs1)Cc1cccs1. The van der Waals surface area contributed by atoms with Gasteiger partial charge in [0.25, 0.3) is 0 Å². The highest BCUT2D eigenvalue weighted by Crippen LogP contribution is 2.17. The van der Waals surface area contributed by atoms with Crippen molar-refractivity contribution in [3.05, 3.63) is 44.8 Å². The zero-order valence-corrected chi connectivity index (χ0v) is 11.7. The van der Waals surface area contributed by atoms with Crippen LogP contribution in [0.2, 0.25) is 0 Å². The first-order valence-electron chi connectivity index (χ1n) is 5.82. The summed E-state index contributed by atoms with van der Waals surface area (Å²) in [6, 6.07) is 8.14. The lowest BCUT2D eigenvalue weighted by Crippen LogP contribution is -2.30. The standard InChI is InChI=1S/C13H16N2OS2/c14-6-5-13(16)15(9-11-3-1-7-17-11)10-12-4-2-8-18-12/h1-4,7-8H,5-6,9-10,14H2. The molecule has 0 aromatic carbocycles. The average Bonchev–Trinajstić information content (AvgIpc) is 3.01. The molecule has 0 saturated heterocycles. The minimum absolute atomic E-state index is 0.124. The maximum Gasteiger partial charge on any atom is 0.224 e. The molecule has 0 radical (unpaired) electrons. The van der Waals surface area contributed by atoms with Gasteiger partial charge in [-0.1, -0.05) is 12.1 Å². The van der Waals surface area contributed by atoms with Crippen molar-refractivity contribution in [2.75, 3.05) is 6.54 Å². The van der Waals surface area contributed by atoms with E-state index in [9.17, 15) is 4.79 Å². The fourth-order valence-corrected chi connectivity index (χ4v) is 3.13. The molecule has 5 heteroatoms. The predicted octanol–water partition coefficient (Wildman–Crippen LogP) is 2.69. The Morgan fingerprint density at radius 3 is 2.06 bits per heavy atom. The molecule has 3 nitrogen and oxygen atoms in total. The molecule has 2 aromatic heterocycles. The number of rotatable bonds is 6. The van der Waals surface area contributed by atoms with Crippen LogP contribution in [0.15, 0.2) is 35.0 Å². The molecule has 0 bridgehead atoms. The van der Waals surface area contributed by atoms with Gasteiger partial charge in [-0.3, -0.25) is 4.79 Å². The molecular weight excluding hydrogens is 264 g/mol. The number of nitrogens with zero attached hydrogens (tertiary/aromatic N) is 1. The van der Waals surface area contributed by atoms with Crippen molar-refractivity contribution in [1.29, 1.82) is 0 Å². The van der Waals surface area contributed by atoms with Crippen LogP contribution in [0.25, 0.3) is 0 Å². The molecule has 0 aliphatic rings. The lowest BCUT2D eigenvalue weighted by Gasteiger charge is -2.21. The third-order valence-corrected chi connectivity index (χ3v) is 4.29. The Balaban J connectivity index is 2.04. The predicted molar refractivity (Wildman–Crippen MR) is 76.6 cm³/mol. The van der Waals surface area contributed by atoms with Gasteiger partial charge < -0.3 is 10.6 Å². The van der Waals surface area contributed by atoms with E-state index < -0.39 is 0 Å². The van der Waals surface area contributed by atoms with E-state index in [1.165, 1.54) is 9.75 Å². The van der Waals surface area contributed by atoms with Gasteiger partial charge >= 0.3 is 0 Å². The van der Waals surface area contributed by atoms with Crippen molar-refractivity contribution in [1.82, 2.24) is 4.90 Å². The first-order valence-corrected chi connectivity index (χ1v) is 7.58. The smallest absolute Gasteiger partial charge is 0.224 e. The van der Waals surface area contributed by atoms with Gasteiger partial charge in [0.05, 0.1) is 13.1 Å². The first-order chi connectivity index (χ1) is 8.79. The number of amides is 1. The first kappa shape index (κ1) is 13.3.